The maximum Gasteiger partial charge on any atom is 0.324 e. The maximum atomic E-state index is 13.2. The molecule has 6 rings (SSSR count). The molecule has 39 heavy (non-hydrogen) atoms. The van der Waals surface area contributed by atoms with Gasteiger partial charge in [-0.2, -0.15) is 5.10 Å². The highest BCUT2D eigenvalue weighted by Crippen LogP contribution is 2.31. The van der Waals surface area contributed by atoms with Crippen LogP contribution in [-0.2, 0) is 24.9 Å². The van der Waals surface area contributed by atoms with Gasteiger partial charge in [-0.05, 0) is 71.1 Å². The molecule has 0 unspecified atom stereocenters. The molecule has 0 atom stereocenters. The summed E-state index contributed by atoms with van der Waals surface area (Å²) in [5, 5.41) is 17.2. The lowest BCUT2D eigenvalue weighted by Crippen LogP contribution is -2.24. The van der Waals surface area contributed by atoms with E-state index in [2.05, 4.69) is 60.2 Å². The van der Waals surface area contributed by atoms with Gasteiger partial charge in [0.05, 0.1) is 11.4 Å². The average Bonchev–Trinajstić information content (AvgIpc) is 3.52. The third kappa shape index (κ3) is 4.91. The van der Waals surface area contributed by atoms with Crippen LogP contribution in [0, 0.1) is 0 Å². The van der Waals surface area contributed by atoms with Crippen LogP contribution in [0.25, 0.3) is 16.8 Å². The minimum Gasteiger partial charge on any atom is -0.348 e. The lowest BCUT2D eigenvalue weighted by Gasteiger charge is -2.18. The first-order valence-corrected chi connectivity index (χ1v) is 13.3. The van der Waals surface area contributed by atoms with Crippen LogP contribution in [0.5, 0.6) is 0 Å². The van der Waals surface area contributed by atoms with Crippen LogP contribution >= 0.6 is 0 Å². The molecular weight excluding hydrogens is 488 g/mol. The molecule has 4 aromatic rings. The van der Waals surface area contributed by atoms with Crippen LogP contribution < -0.4 is 21.3 Å². The molecule has 8 nitrogen and oxygen atoms in total. The SMILES string of the molecule is CC(C)(C)c1cc(NC(=O)Nc2cccc(-c3cccc4c3CNC4=O)c2)n(-c2ccc3c(c2)CNCC3)n1. The van der Waals surface area contributed by atoms with Crippen molar-refractivity contribution in [3.63, 3.8) is 0 Å². The van der Waals surface area contributed by atoms with E-state index in [1.54, 1.807) is 0 Å². The number of anilines is 2. The van der Waals surface area contributed by atoms with E-state index >= 15 is 0 Å². The molecule has 198 valence electrons. The molecule has 3 heterocycles. The lowest BCUT2D eigenvalue weighted by molar-refractivity contribution is 0.0965. The summed E-state index contributed by atoms with van der Waals surface area (Å²) < 4.78 is 1.81. The Morgan fingerprint density at radius 2 is 1.74 bits per heavy atom. The summed E-state index contributed by atoms with van der Waals surface area (Å²) in [7, 11) is 0. The van der Waals surface area contributed by atoms with Gasteiger partial charge >= 0.3 is 6.03 Å². The van der Waals surface area contributed by atoms with Crippen molar-refractivity contribution >= 4 is 23.4 Å². The molecule has 0 fully saturated rings. The Labute approximate surface area is 227 Å². The van der Waals surface area contributed by atoms with Gasteiger partial charge in [0.2, 0.25) is 0 Å². The lowest BCUT2D eigenvalue weighted by atomic mass is 9.92. The van der Waals surface area contributed by atoms with Crippen LogP contribution in [0.4, 0.5) is 16.3 Å². The number of fused-ring (bicyclic) bond motifs is 2. The minimum atomic E-state index is -0.358. The molecule has 3 amide bonds. The first kappa shape index (κ1) is 24.9. The summed E-state index contributed by atoms with van der Waals surface area (Å²) in [6.45, 7) is 8.63. The summed E-state index contributed by atoms with van der Waals surface area (Å²) in [5.41, 5.74) is 8.44. The second-order valence-electron chi connectivity index (χ2n) is 11.1. The number of carbonyl (C=O) groups excluding carboxylic acids is 2. The summed E-state index contributed by atoms with van der Waals surface area (Å²) in [5.74, 6) is 0.546. The van der Waals surface area contributed by atoms with E-state index in [1.165, 1.54) is 11.1 Å². The van der Waals surface area contributed by atoms with Crippen molar-refractivity contribution in [3.05, 3.63) is 94.7 Å². The number of amides is 3. The standard InChI is InChI=1S/C31H32N6O2/c1-31(2,3)27-16-28(37(36-27)23-11-10-19-12-13-32-17-21(19)15-23)35-30(39)34-22-7-4-6-20(14-22)24-8-5-9-25-26(24)18-33-29(25)38/h4-11,14-16,32H,12-13,17-18H2,1-3H3,(H,33,38)(H2,34,35,39). The molecular formula is C31H32N6O2. The molecule has 3 aromatic carbocycles. The third-order valence-corrected chi connectivity index (χ3v) is 7.32. The van der Waals surface area contributed by atoms with Gasteiger partial charge in [0.15, 0.2) is 0 Å². The molecule has 0 saturated carbocycles. The number of aromatic nitrogens is 2. The number of urea groups is 1. The Hall–Kier alpha value is -4.43. The van der Waals surface area contributed by atoms with Crippen molar-refractivity contribution < 1.29 is 9.59 Å². The van der Waals surface area contributed by atoms with Gasteiger partial charge in [0.1, 0.15) is 5.82 Å². The van der Waals surface area contributed by atoms with Crippen LogP contribution in [0.15, 0.2) is 66.7 Å². The van der Waals surface area contributed by atoms with Gasteiger partial charge in [0, 0.05) is 35.8 Å². The van der Waals surface area contributed by atoms with Crippen LogP contribution in [0.3, 0.4) is 0 Å². The van der Waals surface area contributed by atoms with E-state index in [4.69, 9.17) is 5.10 Å². The molecule has 0 aliphatic carbocycles. The van der Waals surface area contributed by atoms with Gasteiger partial charge in [0.25, 0.3) is 5.91 Å². The van der Waals surface area contributed by atoms with E-state index in [0.717, 1.165) is 47.6 Å². The van der Waals surface area contributed by atoms with E-state index in [9.17, 15) is 9.59 Å². The number of nitrogens with one attached hydrogen (secondary N) is 4. The Bertz CT molecular complexity index is 1600. The zero-order chi connectivity index (χ0) is 27.1. The first-order chi connectivity index (χ1) is 18.8. The second-order valence-corrected chi connectivity index (χ2v) is 11.1. The molecule has 0 bridgehead atoms. The summed E-state index contributed by atoms with van der Waals surface area (Å²) >= 11 is 0. The predicted octanol–water partition coefficient (Wildman–Crippen LogP) is 5.37. The zero-order valence-corrected chi connectivity index (χ0v) is 22.4. The van der Waals surface area contributed by atoms with Crippen molar-refractivity contribution in [1.29, 1.82) is 0 Å². The third-order valence-electron chi connectivity index (χ3n) is 7.32. The monoisotopic (exact) mass is 520 g/mol. The van der Waals surface area contributed by atoms with Gasteiger partial charge in [-0.25, -0.2) is 9.48 Å². The molecule has 0 saturated heterocycles. The van der Waals surface area contributed by atoms with Gasteiger partial charge in [-0.1, -0.05) is 51.1 Å². The molecule has 0 radical (unpaired) electrons. The maximum absolute atomic E-state index is 13.2. The van der Waals surface area contributed by atoms with Crippen molar-refractivity contribution in [2.45, 2.75) is 45.7 Å². The molecule has 1 aromatic heterocycles. The normalized spacial score (nSPS) is 14.4. The topological polar surface area (TPSA) is 100 Å². The molecule has 2 aliphatic heterocycles. The van der Waals surface area contributed by atoms with Crippen LogP contribution in [-0.4, -0.2) is 28.3 Å². The summed E-state index contributed by atoms with van der Waals surface area (Å²) in [4.78, 5) is 25.3. The highest BCUT2D eigenvalue weighted by Gasteiger charge is 2.23. The molecule has 8 heteroatoms. The first-order valence-electron chi connectivity index (χ1n) is 13.3. The fourth-order valence-electron chi connectivity index (χ4n) is 5.20. The van der Waals surface area contributed by atoms with Crippen LogP contribution in [0.1, 0.15) is 53.5 Å². The number of rotatable bonds is 4. The number of hydrogen-bond acceptors (Lipinski definition) is 4. The van der Waals surface area contributed by atoms with Crippen molar-refractivity contribution in [3.8, 4) is 16.8 Å². The smallest absolute Gasteiger partial charge is 0.324 e. The Morgan fingerprint density at radius 1 is 0.923 bits per heavy atom. The number of benzene rings is 3. The fourth-order valence-corrected chi connectivity index (χ4v) is 5.20. The van der Waals surface area contributed by atoms with E-state index in [1.807, 2.05) is 53.2 Å². The van der Waals surface area contributed by atoms with Gasteiger partial charge in [-0.15, -0.1) is 0 Å². The fraction of sp³-hybridized carbons (Fsp3) is 0.258. The van der Waals surface area contributed by atoms with Gasteiger partial charge in [-0.3, -0.25) is 10.1 Å². The molecule has 0 spiro atoms. The minimum absolute atomic E-state index is 0.0538. The number of carbonyl (C=O) groups is 2. The van der Waals surface area contributed by atoms with E-state index < -0.39 is 0 Å². The quantitative estimate of drug-likeness (QED) is 0.291. The van der Waals surface area contributed by atoms with Crippen molar-refractivity contribution in [1.82, 2.24) is 20.4 Å². The number of hydrogen-bond donors (Lipinski definition) is 4. The van der Waals surface area contributed by atoms with E-state index in [0.29, 0.717) is 23.6 Å². The summed E-state index contributed by atoms with van der Waals surface area (Å²) in [6.07, 6.45) is 1.01. The predicted molar refractivity (Wildman–Crippen MR) is 153 cm³/mol. The summed E-state index contributed by atoms with van der Waals surface area (Å²) in [6, 6.07) is 21.3. The highest BCUT2D eigenvalue weighted by atomic mass is 16.2. The van der Waals surface area contributed by atoms with E-state index in [-0.39, 0.29) is 17.4 Å². The Morgan fingerprint density at radius 3 is 2.59 bits per heavy atom. The van der Waals surface area contributed by atoms with Crippen molar-refractivity contribution in [2.24, 2.45) is 0 Å². The highest BCUT2D eigenvalue weighted by molar-refractivity contribution is 6.01. The Kier molecular flexibility index (Phi) is 6.19. The second kappa shape index (κ2) is 9.71. The zero-order valence-electron chi connectivity index (χ0n) is 22.4. The van der Waals surface area contributed by atoms with Crippen LogP contribution in [0.2, 0.25) is 0 Å². The average molecular weight is 521 g/mol. The Balaban J connectivity index is 1.27. The molecule has 4 N–H and O–H groups in total. The van der Waals surface area contributed by atoms with Gasteiger partial charge < -0.3 is 16.0 Å². The molecule has 2 aliphatic rings. The number of nitrogens with zero attached hydrogens (tertiary/aromatic N) is 2. The van der Waals surface area contributed by atoms with Crippen molar-refractivity contribution in [2.75, 3.05) is 17.2 Å². The largest absolute Gasteiger partial charge is 0.348 e.